The summed E-state index contributed by atoms with van der Waals surface area (Å²) >= 11 is 0. The monoisotopic (exact) mass is 364 g/mol. The van der Waals surface area contributed by atoms with Crippen LogP contribution in [0.3, 0.4) is 0 Å². The zero-order chi connectivity index (χ0) is 16.8. The molecular formula is C13H20N2O6S2. The van der Waals surface area contributed by atoms with Crippen molar-refractivity contribution < 1.29 is 26.4 Å². The van der Waals surface area contributed by atoms with Crippen LogP contribution in [0.1, 0.15) is 19.3 Å². The fraction of sp³-hybridized carbons (Fsp3) is 0.846. The summed E-state index contributed by atoms with van der Waals surface area (Å²) in [6.45, 7) is 0.213. The van der Waals surface area contributed by atoms with E-state index in [1.165, 1.54) is 4.90 Å². The fourth-order valence-corrected chi connectivity index (χ4v) is 6.91. The smallest absolute Gasteiger partial charge is 0.225 e. The molecule has 1 N–H and O–H groups in total. The quantitative estimate of drug-likeness (QED) is 0.639. The predicted octanol–water partition coefficient (Wildman–Crippen LogP) is -1.67. The van der Waals surface area contributed by atoms with Crippen LogP contribution in [0.25, 0.3) is 0 Å². The lowest BCUT2D eigenvalue weighted by Gasteiger charge is -2.23. The molecule has 0 spiro atoms. The van der Waals surface area contributed by atoms with Crippen LogP contribution >= 0.6 is 0 Å². The second-order valence-electron chi connectivity index (χ2n) is 6.61. The van der Waals surface area contributed by atoms with Gasteiger partial charge in [0, 0.05) is 25.0 Å². The molecule has 3 unspecified atom stereocenters. The lowest BCUT2D eigenvalue weighted by molar-refractivity contribution is -0.130. The Bertz CT molecular complexity index is 730. The molecule has 0 aromatic heterocycles. The van der Waals surface area contributed by atoms with Gasteiger partial charge in [-0.15, -0.1) is 0 Å². The normalized spacial score (nSPS) is 35.6. The maximum absolute atomic E-state index is 12.2. The van der Waals surface area contributed by atoms with Gasteiger partial charge in [0.25, 0.3) is 0 Å². The van der Waals surface area contributed by atoms with Crippen molar-refractivity contribution in [2.75, 3.05) is 29.6 Å². The standard InChI is InChI=1S/C13H20N2O6S2/c16-12-5-9(6-15(12)11-2-4-23(20,21)8-11)13(17)14-10-1-3-22(18,19)7-10/h9-11H,1-8H2,(H,14,17). The minimum absolute atomic E-state index is 0.0338. The summed E-state index contributed by atoms with van der Waals surface area (Å²) < 4.78 is 45.9. The average molecular weight is 364 g/mol. The Morgan fingerprint density at radius 1 is 1.04 bits per heavy atom. The van der Waals surface area contributed by atoms with Gasteiger partial charge in [0.05, 0.1) is 28.9 Å². The molecule has 0 aromatic rings. The lowest BCUT2D eigenvalue weighted by Crippen LogP contribution is -2.42. The van der Waals surface area contributed by atoms with E-state index in [4.69, 9.17) is 0 Å². The Kier molecular flexibility index (Phi) is 4.16. The second kappa shape index (κ2) is 5.73. The molecule has 3 rings (SSSR count). The maximum atomic E-state index is 12.2. The Hall–Kier alpha value is -1.16. The number of hydrogen-bond donors (Lipinski definition) is 1. The average Bonchev–Trinajstić information content (AvgIpc) is 3.07. The van der Waals surface area contributed by atoms with Crippen molar-refractivity contribution in [2.24, 2.45) is 5.92 Å². The maximum Gasteiger partial charge on any atom is 0.225 e. The van der Waals surface area contributed by atoms with Crippen LogP contribution in [0.5, 0.6) is 0 Å². The second-order valence-corrected chi connectivity index (χ2v) is 11.1. The van der Waals surface area contributed by atoms with Crippen LogP contribution in [-0.2, 0) is 29.3 Å². The molecule has 10 heteroatoms. The van der Waals surface area contributed by atoms with Crippen molar-refractivity contribution in [1.82, 2.24) is 10.2 Å². The van der Waals surface area contributed by atoms with E-state index in [0.29, 0.717) is 12.8 Å². The van der Waals surface area contributed by atoms with Gasteiger partial charge in [-0.2, -0.15) is 0 Å². The van der Waals surface area contributed by atoms with E-state index >= 15 is 0 Å². The number of nitrogens with one attached hydrogen (secondary N) is 1. The van der Waals surface area contributed by atoms with Crippen LogP contribution in [0.4, 0.5) is 0 Å². The highest BCUT2D eigenvalue weighted by atomic mass is 32.2. The number of hydrogen-bond acceptors (Lipinski definition) is 6. The molecule has 2 amide bonds. The molecular weight excluding hydrogens is 344 g/mol. The highest BCUT2D eigenvalue weighted by Gasteiger charge is 2.42. The van der Waals surface area contributed by atoms with Gasteiger partial charge in [-0.05, 0) is 12.8 Å². The van der Waals surface area contributed by atoms with Crippen molar-refractivity contribution in [3.8, 4) is 0 Å². The largest absolute Gasteiger partial charge is 0.352 e. The van der Waals surface area contributed by atoms with Crippen molar-refractivity contribution >= 4 is 31.5 Å². The van der Waals surface area contributed by atoms with E-state index in [2.05, 4.69) is 5.32 Å². The van der Waals surface area contributed by atoms with Crippen LogP contribution < -0.4 is 5.32 Å². The molecule has 0 aliphatic carbocycles. The number of amides is 2. The van der Waals surface area contributed by atoms with Crippen molar-refractivity contribution in [3.63, 3.8) is 0 Å². The van der Waals surface area contributed by atoms with E-state index in [1.54, 1.807) is 0 Å². The van der Waals surface area contributed by atoms with E-state index < -0.39 is 25.6 Å². The third kappa shape index (κ3) is 3.68. The molecule has 23 heavy (non-hydrogen) atoms. The molecule has 0 aromatic carbocycles. The third-order valence-corrected chi connectivity index (χ3v) is 8.28. The van der Waals surface area contributed by atoms with Crippen molar-refractivity contribution in [3.05, 3.63) is 0 Å². The van der Waals surface area contributed by atoms with E-state index in [0.717, 1.165) is 0 Å². The SMILES string of the molecule is O=C(NC1CCS(=O)(=O)C1)C1CC(=O)N(C2CCS(=O)(=O)C2)C1. The number of carbonyl (C=O) groups excluding carboxylic acids is 2. The number of sulfone groups is 2. The van der Waals surface area contributed by atoms with Crippen LogP contribution in [0.2, 0.25) is 0 Å². The van der Waals surface area contributed by atoms with E-state index in [9.17, 15) is 26.4 Å². The summed E-state index contributed by atoms with van der Waals surface area (Å²) in [6.07, 6.45) is 0.879. The van der Waals surface area contributed by atoms with Gasteiger partial charge in [0.1, 0.15) is 0 Å². The third-order valence-electron chi connectivity index (χ3n) is 4.76. The molecule has 3 heterocycles. The first-order chi connectivity index (χ1) is 10.7. The first kappa shape index (κ1) is 16.7. The Morgan fingerprint density at radius 3 is 2.26 bits per heavy atom. The first-order valence-corrected chi connectivity index (χ1v) is 11.3. The zero-order valence-electron chi connectivity index (χ0n) is 12.6. The number of rotatable bonds is 3. The molecule has 0 radical (unpaired) electrons. The summed E-state index contributed by atoms with van der Waals surface area (Å²) in [5, 5.41) is 2.71. The van der Waals surface area contributed by atoms with Gasteiger partial charge >= 0.3 is 0 Å². The summed E-state index contributed by atoms with van der Waals surface area (Å²) in [7, 11) is -6.16. The van der Waals surface area contributed by atoms with Crippen molar-refractivity contribution in [2.45, 2.75) is 31.3 Å². The van der Waals surface area contributed by atoms with Gasteiger partial charge in [0.15, 0.2) is 19.7 Å². The minimum Gasteiger partial charge on any atom is -0.352 e. The van der Waals surface area contributed by atoms with Gasteiger partial charge < -0.3 is 10.2 Å². The molecule has 3 atom stereocenters. The molecule has 0 saturated carbocycles. The molecule has 130 valence electrons. The molecule has 0 bridgehead atoms. The van der Waals surface area contributed by atoms with Crippen molar-refractivity contribution in [1.29, 1.82) is 0 Å². The van der Waals surface area contributed by atoms with E-state index in [1.807, 2.05) is 0 Å². The number of likely N-dealkylation sites (tertiary alicyclic amines) is 1. The van der Waals surface area contributed by atoms with Gasteiger partial charge in [-0.25, -0.2) is 16.8 Å². The molecule has 3 aliphatic rings. The fourth-order valence-electron chi connectivity index (χ4n) is 3.51. The highest BCUT2D eigenvalue weighted by Crippen LogP contribution is 2.26. The van der Waals surface area contributed by atoms with Gasteiger partial charge in [-0.3, -0.25) is 9.59 Å². The summed E-state index contributed by atoms with van der Waals surface area (Å²) in [5.74, 6) is -0.978. The van der Waals surface area contributed by atoms with Gasteiger partial charge in [-0.1, -0.05) is 0 Å². The van der Waals surface area contributed by atoms with Crippen LogP contribution in [0, 0.1) is 5.92 Å². The number of carbonyl (C=O) groups is 2. The molecule has 3 saturated heterocycles. The molecule has 3 aliphatic heterocycles. The number of nitrogens with zero attached hydrogens (tertiary/aromatic N) is 1. The Morgan fingerprint density at radius 2 is 1.70 bits per heavy atom. The topological polar surface area (TPSA) is 118 Å². The minimum atomic E-state index is -3.09. The lowest BCUT2D eigenvalue weighted by atomic mass is 10.1. The van der Waals surface area contributed by atoms with Crippen LogP contribution in [0.15, 0.2) is 0 Å². The van der Waals surface area contributed by atoms with Gasteiger partial charge in [0.2, 0.25) is 11.8 Å². The first-order valence-electron chi connectivity index (χ1n) is 7.66. The summed E-state index contributed by atoms with van der Waals surface area (Å²) in [4.78, 5) is 25.8. The van der Waals surface area contributed by atoms with E-state index in [-0.39, 0.29) is 59.9 Å². The molecule has 8 nitrogen and oxygen atoms in total. The summed E-state index contributed by atoms with van der Waals surface area (Å²) in [5.41, 5.74) is 0. The zero-order valence-corrected chi connectivity index (χ0v) is 14.2. The van der Waals surface area contributed by atoms with Crippen LogP contribution in [-0.4, -0.2) is 75.2 Å². The summed E-state index contributed by atoms with van der Waals surface area (Å²) in [6, 6.07) is -0.722. The Balaban J connectivity index is 1.58. The Labute approximate surface area is 135 Å². The highest BCUT2D eigenvalue weighted by molar-refractivity contribution is 7.91. The molecule has 3 fully saturated rings. The predicted molar refractivity (Wildman–Crippen MR) is 82.1 cm³/mol.